The highest BCUT2D eigenvalue weighted by molar-refractivity contribution is 7.92. The highest BCUT2D eigenvalue weighted by Gasteiger charge is 2.17. The van der Waals surface area contributed by atoms with Gasteiger partial charge >= 0.3 is 0 Å². The van der Waals surface area contributed by atoms with E-state index in [1.54, 1.807) is 55.7 Å². The number of ether oxygens (including phenoxy) is 1. The van der Waals surface area contributed by atoms with Gasteiger partial charge in [-0.05, 0) is 54.8 Å². The topological polar surface area (TPSA) is 106 Å². The van der Waals surface area contributed by atoms with E-state index in [2.05, 4.69) is 9.71 Å². The van der Waals surface area contributed by atoms with Crippen LogP contribution >= 0.6 is 0 Å². The Morgan fingerprint density at radius 3 is 2.50 bits per heavy atom. The van der Waals surface area contributed by atoms with Crippen molar-refractivity contribution in [3.8, 4) is 5.75 Å². The molecule has 0 spiro atoms. The van der Waals surface area contributed by atoms with Crippen LogP contribution in [0.3, 0.4) is 0 Å². The number of anilines is 1. The molecule has 0 amide bonds. The average Bonchev–Trinajstić information content (AvgIpc) is 2.78. The maximum absolute atomic E-state index is 12.8. The zero-order valence-electron chi connectivity index (χ0n) is 17.8. The molecular weight excluding hydrogens is 428 g/mol. The van der Waals surface area contributed by atoms with Crippen LogP contribution < -0.4 is 9.46 Å². The van der Waals surface area contributed by atoms with E-state index in [4.69, 9.17) is 4.74 Å². The first-order chi connectivity index (χ1) is 15.3. The lowest BCUT2D eigenvalue weighted by Crippen LogP contribution is -2.16. The average molecular weight is 455 g/mol. The van der Waals surface area contributed by atoms with Crippen molar-refractivity contribution < 1.29 is 23.1 Å². The number of hydrogen-bond acceptors (Lipinski definition) is 6. The van der Waals surface area contributed by atoms with Gasteiger partial charge in [-0.25, -0.2) is 8.42 Å². The molecule has 7 nitrogen and oxygen atoms in total. The Hall–Kier alpha value is -3.23. The summed E-state index contributed by atoms with van der Waals surface area (Å²) >= 11 is 0. The molecule has 168 valence electrons. The summed E-state index contributed by atoms with van der Waals surface area (Å²) in [4.78, 5) is 16.4. The van der Waals surface area contributed by atoms with Gasteiger partial charge in [0.25, 0.3) is 10.0 Å². The molecule has 0 saturated carbocycles. The molecule has 0 aliphatic heterocycles. The van der Waals surface area contributed by atoms with E-state index < -0.39 is 16.1 Å². The predicted molar refractivity (Wildman–Crippen MR) is 122 cm³/mol. The molecule has 0 fully saturated rings. The summed E-state index contributed by atoms with van der Waals surface area (Å²) in [6.45, 7) is 1.63. The van der Waals surface area contributed by atoms with Gasteiger partial charge in [0.05, 0.1) is 16.7 Å². The van der Waals surface area contributed by atoms with Crippen molar-refractivity contribution in [2.45, 2.75) is 37.2 Å². The van der Waals surface area contributed by atoms with Crippen LogP contribution in [0.4, 0.5) is 5.69 Å². The fourth-order valence-corrected chi connectivity index (χ4v) is 4.09. The Balaban J connectivity index is 1.62. The summed E-state index contributed by atoms with van der Waals surface area (Å²) in [5, 5.41) is 9.40. The molecule has 3 aromatic rings. The Kier molecular flexibility index (Phi) is 7.97. The molecule has 3 rings (SSSR count). The summed E-state index contributed by atoms with van der Waals surface area (Å²) in [6, 6.07) is 16.6. The number of rotatable bonds is 11. The van der Waals surface area contributed by atoms with E-state index in [1.165, 1.54) is 12.1 Å². The summed E-state index contributed by atoms with van der Waals surface area (Å²) in [5.41, 5.74) is 2.04. The Labute approximate surface area is 188 Å². The molecule has 0 bridgehead atoms. The van der Waals surface area contributed by atoms with E-state index >= 15 is 0 Å². The molecule has 0 aliphatic carbocycles. The van der Waals surface area contributed by atoms with Crippen LogP contribution in [0.15, 0.2) is 78.0 Å². The monoisotopic (exact) mass is 454 g/mol. The molecule has 0 radical (unpaired) electrons. The lowest BCUT2D eigenvalue weighted by atomic mass is 10.0. The van der Waals surface area contributed by atoms with Crippen LogP contribution in [0, 0.1) is 0 Å². The molecule has 8 heteroatoms. The van der Waals surface area contributed by atoms with Crippen molar-refractivity contribution in [3.05, 3.63) is 84.2 Å². The molecule has 2 aromatic carbocycles. The smallest absolute Gasteiger partial charge is 0.262 e. The van der Waals surface area contributed by atoms with Crippen LogP contribution in [0.2, 0.25) is 0 Å². The highest BCUT2D eigenvalue weighted by atomic mass is 32.2. The van der Waals surface area contributed by atoms with Gasteiger partial charge in [0, 0.05) is 25.2 Å². The Bertz CT molecular complexity index is 1130. The lowest BCUT2D eigenvalue weighted by molar-refractivity contribution is -0.118. The minimum absolute atomic E-state index is 0.0439. The van der Waals surface area contributed by atoms with E-state index in [-0.39, 0.29) is 29.4 Å². The van der Waals surface area contributed by atoms with Crippen LogP contribution in [0.1, 0.15) is 24.5 Å². The standard InChI is InChI=1S/C24H26N2O5S/c1-18(27)17-31-24-7-3-2-6-23(24)26-32(29,30)22-12-9-19(10-13-22)15-21(28)11-8-20-5-4-14-25-16-20/h2-7,9-10,12-14,16,18,26-27H,8,11,15,17H2,1H3/t18-/m0/s1. The van der Waals surface area contributed by atoms with Crippen molar-refractivity contribution >= 4 is 21.5 Å². The number of ketones is 1. The molecule has 1 atom stereocenters. The Morgan fingerprint density at radius 2 is 1.81 bits per heavy atom. The molecular formula is C24H26N2O5S. The quantitative estimate of drug-likeness (QED) is 0.460. The van der Waals surface area contributed by atoms with Gasteiger partial charge < -0.3 is 9.84 Å². The second kappa shape index (κ2) is 10.9. The number of carbonyl (C=O) groups excluding carboxylic acids is 1. The van der Waals surface area contributed by atoms with Crippen molar-refractivity contribution in [2.24, 2.45) is 0 Å². The summed E-state index contributed by atoms with van der Waals surface area (Å²) in [5.74, 6) is 0.402. The predicted octanol–water partition coefficient (Wildman–Crippen LogP) is 3.39. The maximum atomic E-state index is 12.8. The molecule has 0 saturated heterocycles. The number of aromatic nitrogens is 1. The van der Waals surface area contributed by atoms with Crippen molar-refractivity contribution in [2.75, 3.05) is 11.3 Å². The first-order valence-electron chi connectivity index (χ1n) is 10.3. The fourth-order valence-electron chi connectivity index (χ4n) is 3.02. The van der Waals surface area contributed by atoms with Gasteiger partial charge in [0.15, 0.2) is 0 Å². The number of nitrogens with zero attached hydrogens (tertiary/aromatic N) is 1. The third-order valence-corrected chi connectivity index (χ3v) is 6.04. The SMILES string of the molecule is C[C@H](O)COc1ccccc1NS(=O)(=O)c1ccc(CC(=O)CCc2cccnc2)cc1. The number of pyridine rings is 1. The summed E-state index contributed by atoms with van der Waals surface area (Å²) in [6.07, 6.45) is 4.02. The van der Waals surface area contributed by atoms with Gasteiger partial charge in [0.1, 0.15) is 18.1 Å². The molecule has 0 aliphatic rings. The lowest BCUT2D eigenvalue weighted by Gasteiger charge is -2.14. The zero-order chi connectivity index (χ0) is 23.0. The van der Waals surface area contributed by atoms with Crippen LogP contribution in [0.5, 0.6) is 5.75 Å². The molecule has 1 aromatic heterocycles. The minimum atomic E-state index is -3.85. The van der Waals surface area contributed by atoms with Crippen molar-refractivity contribution in [1.82, 2.24) is 4.98 Å². The highest BCUT2D eigenvalue weighted by Crippen LogP contribution is 2.27. The number of nitrogens with one attached hydrogen (secondary N) is 1. The number of aliphatic hydroxyl groups is 1. The minimum Gasteiger partial charge on any atom is -0.489 e. The van der Waals surface area contributed by atoms with Gasteiger partial charge in [-0.2, -0.15) is 0 Å². The second-order valence-electron chi connectivity index (χ2n) is 7.48. The first-order valence-corrected chi connectivity index (χ1v) is 11.7. The molecule has 1 heterocycles. The van der Waals surface area contributed by atoms with Crippen LogP contribution in [-0.4, -0.2) is 37.0 Å². The summed E-state index contributed by atoms with van der Waals surface area (Å²) < 4.78 is 33.6. The maximum Gasteiger partial charge on any atom is 0.262 e. The van der Waals surface area contributed by atoms with Crippen molar-refractivity contribution in [1.29, 1.82) is 0 Å². The van der Waals surface area contributed by atoms with E-state index in [0.29, 0.717) is 18.6 Å². The number of hydrogen-bond donors (Lipinski definition) is 2. The number of benzene rings is 2. The second-order valence-corrected chi connectivity index (χ2v) is 9.16. The number of Topliss-reactive ketones (excluding diaryl/α,β-unsaturated/α-hetero) is 1. The summed E-state index contributed by atoms with van der Waals surface area (Å²) in [7, 11) is -3.85. The largest absolute Gasteiger partial charge is 0.489 e. The third kappa shape index (κ3) is 6.90. The van der Waals surface area contributed by atoms with Crippen LogP contribution in [-0.2, 0) is 27.7 Å². The number of carbonyl (C=O) groups is 1. The van der Waals surface area contributed by atoms with Crippen molar-refractivity contribution in [3.63, 3.8) is 0 Å². The number of para-hydroxylation sites is 2. The van der Waals surface area contributed by atoms with E-state index in [1.807, 2.05) is 12.1 Å². The Morgan fingerprint density at radius 1 is 1.06 bits per heavy atom. The first kappa shape index (κ1) is 23.4. The number of sulfonamides is 1. The van der Waals surface area contributed by atoms with Gasteiger partial charge in [-0.1, -0.05) is 30.3 Å². The van der Waals surface area contributed by atoms with E-state index in [0.717, 1.165) is 11.1 Å². The van der Waals surface area contributed by atoms with E-state index in [9.17, 15) is 18.3 Å². The zero-order valence-corrected chi connectivity index (χ0v) is 18.6. The molecule has 2 N–H and O–H groups in total. The fraction of sp³-hybridized carbons (Fsp3) is 0.250. The van der Waals surface area contributed by atoms with Crippen LogP contribution in [0.25, 0.3) is 0 Å². The van der Waals surface area contributed by atoms with Gasteiger partial charge in [0.2, 0.25) is 0 Å². The molecule has 32 heavy (non-hydrogen) atoms. The normalized spacial score (nSPS) is 12.2. The third-order valence-electron chi connectivity index (χ3n) is 4.66. The molecule has 0 unspecified atom stereocenters. The number of aryl methyl sites for hydroxylation is 1. The van der Waals surface area contributed by atoms with Gasteiger partial charge in [-0.15, -0.1) is 0 Å². The number of aliphatic hydroxyl groups excluding tert-OH is 1. The van der Waals surface area contributed by atoms with Gasteiger partial charge in [-0.3, -0.25) is 14.5 Å².